The topological polar surface area (TPSA) is 67.0 Å². The molecule has 0 radical (unpaired) electrons. The molecule has 1 aromatic heterocycles. The van der Waals surface area contributed by atoms with Gasteiger partial charge in [-0.05, 0) is 42.7 Å². The van der Waals surface area contributed by atoms with Gasteiger partial charge in [-0.15, -0.1) is 0 Å². The first-order chi connectivity index (χ1) is 13.1. The number of nitrogens with one attached hydrogen (secondary N) is 2. The largest absolute Gasteiger partial charge is 0.497 e. The SMILES string of the molecule is COc1ccc(CC(=O)Nc2c(-c3ccc(Cl)cc3)n[nH]c2C2CC2)cc1. The Kier molecular flexibility index (Phi) is 4.86. The number of aromatic amines is 1. The molecular formula is C21H20ClN3O2. The number of anilines is 1. The monoisotopic (exact) mass is 381 g/mol. The van der Waals surface area contributed by atoms with Crippen molar-refractivity contribution >= 4 is 23.2 Å². The van der Waals surface area contributed by atoms with Crippen molar-refractivity contribution in [2.75, 3.05) is 12.4 Å². The normalized spacial score (nSPS) is 13.4. The van der Waals surface area contributed by atoms with Crippen molar-refractivity contribution < 1.29 is 9.53 Å². The number of methoxy groups -OCH3 is 1. The van der Waals surface area contributed by atoms with Crippen LogP contribution in [0.1, 0.15) is 30.0 Å². The minimum atomic E-state index is -0.0707. The average Bonchev–Trinajstić information content (AvgIpc) is 3.44. The van der Waals surface area contributed by atoms with Crippen LogP contribution >= 0.6 is 11.6 Å². The van der Waals surface area contributed by atoms with Gasteiger partial charge in [0.05, 0.1) is 24.9 Å². The van der Waals surface area contributed by atoms with E-state index < -0.39 is 0 Å². The summed E-state index contributed by atoms with van der Waals surface area (Å²) < 4.78 is 5.16. The number of aromatic nitrogens is 2. The van der Waals surface area contributed by atoms with E-state index in [9.17, 15) is 4.79 Å². The van der Waals surface area contributed by atoms with Gasteiger partial charge in [-0.3, -0.25) is 9.89 Å². The maximum atomic E-state index is 12.7. The number of halogens is 1. The van der Waals surface area contributed by atoms with Crippen molar-refractivity contribution in [2.45, 2.75) is 25.2 Å². The van der Waals surface area contributed by atoms with E-state index in [1.807, 2.05) is 48.5 Å². The van der Waals surface area contributed by atoms with E-state index >= 15 is 0 Å². The molecule has 6 heteroatoms. The average molecular weight is 382 g/mol. The molecule has 0 spiro atoms. The van der Waals surface area contributed by atoms with Crippen LogP contribution in [-0.4, -0.2) is 23.2 Å². The van der Waals surface area contributed by atoms with Crippen molar-refractivity contribution in [3.05, 3.63) is 64.8 Å². The van der Waals surface area contributed by atoms with Crippen molar-refractivity contribution in [3.8, 4) is 17.0 Å². The van der Waals surface area contributed by atoms with Crippen LogP contribution in [0.15, 0.2) is 48.5 Å². The highest BCUT2D eigenvalue weighted by molar-refractivity contribution is 6.30. The molecular weight excluding hydrogens is 362 g/mol. The first kappa shape index (κ1) is 17.6. The second kappa shape index (κ2) is 7.45. The molecule has 1 fully saturated rings. The highest BCUT2D eigenvalue weighted by atomic mass is 35.5. The molecule has 27 heavy (non-hydrogen) atoms. The summed E-state index contributed by atoms with van der Waals surface area (Å²) in [4.78, 5) is 12.7. The molecule has 3 aromatic rings. The number of benzene rings is 2. The van der Waals surface area contributed by atoms with Gasteiger partial charge in [-0.2, -0.15) is 5.10 Å². The smallest absolute Gasteiger partial charge is 0.228 e. The van der Waals surface area contributed by atoms with E-state index in [4.69, 9.17) is 16.3 Å². The molecule has 2 aromatic carbocycles. The Morgan fingerprint density at radius 2 is 1.89 bits per heavy atom. The summed E-state index contributed by atoms with van der Waals surface area (Å²) in [5.74, 6) is 1.14. The van der Waals surface area contributed by atoms with E-state index in [0.29, 0.717) is 17.4 Å². The van der Waals surface area contributed by atoms with Crippen LogP contribution in [0.3, 0.4) is 0 Å². The molecule has 0 bridgehead atoms. The molecule has 0 atom stereocenters. The zero-order valence-electron chi connectivity index (χ0n) is 15.0. The third-order valence-electron chi connectivity index (χ3n) is 4.69. The first-order valence-corrected chi connectivity index (χ1v) is 9.29. The summed E-state index contributed by atoms with van der Waals surface area (Å²) >= 11 is 5.99. The minimum absolute atomic E-state index is 0.0707. The van der Waals surface area contributed by atoms with Crippen LogP contribution in [-0.2, 0) is 11.2 Å². The Bertz CT molecular complexity index is 945. The van der Waals surface area contributed by atoms with Gasteiger partial charge in [0, 0.05) is 16.5 Å². The Labute approximate surface area is 162 Å². The highest BCUT2D eigenvalue weighted by Crippen LogP contribution is 2.45. The van der Waals surface area contributed by atoms with E-state index in [0.717, 1.165) is 46.8 Å². The van der Waals surface area contributed by atoms with Crippen molar-refractivity contribution in [1.29, 1.82) is 0 Å². The zero-order valence-corrected chi connectivity index (χ0v) is 15.7. The summed E-state index contributed by atoms with van der Waals surface area (Å²) in [6.45, 7) is 0. The minimum Gasteiger partial charge on any atom is -0.497 e. The second-order valence-corrected chi connectivity index (χ2v) is 7.15. The van der Waals surface area contributed by atoms with Gasteiger partial charge in [-0.1, -0.05) is 35.9 Å². The molecule has 5 nitrogen and oxygen atoms in total. The number of hydrogen-bond donors (Lipinski definition) is 2. The van der Waals surface area contributed by atoms with Gasteiger partial charge in [0.2, 0.25) is 5.91 Å². The number of rotatable bonds is 6. The molecule has 0 saturated heterocycles. The quantitative estimate of drug-likeness (QED) is 0.644. The number of carbonyl (C=O) groups is 1. The maximum Gasteiger partial charge on any atom is 0.228 e. The number of hydrogen-bond acceptors (Lipinski definition) is 3. The third-order valence-corrected chi connectivity index (χ3v) is 4.94. The Balaban J connectivity index is 1.57. The highest BCUT2D eigenvalue weighted by Gasteiger charge is 2.30. The molecule has 0 unspecified atom stereocenters. The van der Waals surface area contributed by atoms with Gasteiger partial charge < -0.3 is 10.1 Å². The van der Waals surface area contributed by atoms with Gasteiger partial charge >= 0.3 is 0 Å². The van der Waals surface area contributed by atoms with Crippen LogP contribution in [0.2, 0.25) is 5.02 Å². The lowest BCUT2D eigenvalue weighted by Crippen LogP contribution is -2.15. The van der Waals surface area contributed by atoms with E-state index in [1.54, 1.807) is 7.11 Å². The summed E-state index contributed by atoms with van der Waals surface area (Å²) in [5, 5.41) is 11.3. The molecule has 1 saturated carbocycles. The zero-order chi connectivity index (χ0) is 18.8. The number of H-pyrrole nitrogens is 1. The summed E-state index contributed by atoms with van der Waals surface area (Å²) in [6.07, 6.45) is 2.52. The Hall–Kier alpha value is -2.79. The maximum absolute atomic E-state index is 12.7. The van der Waals surface area contributed by atoms with Crippen LogP contribution in [0.5, 0.6) is 5.75 Å². The fraction of sp³-hybridized carbons (Fsp3) is 0.238. The fourth-order valence-electron chi connectivity index (χ4n) is 3.08. The number of carbonyl (C=O) groups excluding carboxylic acids is 1. The molecule has 0 aliphatic heterocycles. The predicted molar refractivity (Wildman–Crippen MR) is 106 cm³/mol. The lowest BCUT2D eigenvalue weighted by Gasteiger charge is -2.09. The number of amides is 1. The van der Waals surface area contributed by atoms with Crippen molar-refractivity contribution in [2.24, 2.45) is 0 Å². The third kappa shape index (κ3) is 3.98. The van der Waals surface area contributed by atoms with E-state index in [2.05, 4.69) is 15.5 Å². The van der Waals surface area contributed by atoms with Crippen LogP contribution in [0.25, 0.3) is 11.3 Å². The molecule has 138 valence electrons. The molecule has 1 aliphatic carbocycles. The lowest BCUT2D eigenvalue weighted by atomic mass is 10.1. The van der Waals surface area contributed by atoms with Crippen LogP contribution in [0, 0.1) is 0 Å². The number of nitrogens with zero attached hydrogens (tertiary/aromatic N) is 1. The van der Waals surface area contributed by atoms with Gasteiger partial charge in [0.1, 0.15) is 11.4 Å². The second-order valence-electron chi connectivity index (χ2n) is 6.72. The molecule has 1 aliphatic rings. The van der Waals surface area contributed by atoms with Crippen molar-refractivity contribution in [1.82, 2.24) is 10.2 Å². The Morgan fingerprint density at radius 3 is 2.52 bits per heavy atom. The first-order valence-electron chi connectivity index (χ1n) is 8.91. The Morgan fingerprint density at radius 1 is 1.19 bits per heavy atom. The molecule has 1 heterocycles. The predicted octanol–water partition coefficient (Wildman–Crippen LogP) is 4.80. The van der Waals surface area contributed by atoms with E-state index in [-0.39, 0.29) is 5.91 Å². The fourth-order valence-corrected chi connectivity index (χ4v) is 3.20. The lowest BCUT2D eigenvalue weighted by molar-refractivity contribution is -0.115. The molecule has 4 rings (SSSR count). The molecule has 1 amide bonds. The van der Waals surface area contributed by atoms with Crippen LogP contribution < -0.4 is 10.1 Å². The van der Waals surface area contributed by atoms with Crippen molar-refractivity contribution in [3.63, 3.8) is 0 Å². The van der Waals surface area contributed by atoms with Gasteiger partial charge in [0.15, 0.2) is 0 Å². The summed E-state index contributed by atoms with van der Waals surface area (Å²) in [5.41, 5.74) is 4.37. The van der Waals surface area contributed by atoms with Gasteiger partial charge in [-0.25, -0.2) is 0 Å². The van der Waals surface area contributed by atoms with Gasteiger partial charge in [0.25, 0.3) is 0 Å². The van der Waals surface area contributed by atoms with E-state index in [1.165, 1.54) is 0 Å². The van der Waals surface area contributed by atoms with Crippen LogP contribution in [0.4, 0.5) is 5.69 Å². The number of ether oxygens (including phenoxy) is 1. The molecule has 2 N–H and O–H groups in total. The summed E-state index contributed by atoms with van der Waals surface area (Å²) in [6, 6.07) is 15.0. The standard InChI is InChI=1S/C21H20ClN3O2/c1-27-17-10-2-13(3-11-17)12-18(26)23-21-19(14-4-5-14)24-25-20(21)15-6-8-16(22)9-7-15/h2-3,6-11,14H,4-5,12H2,1H3,(H,23,26)(H,24,25). The summed E-state index contributed by atoms with van der Waals surface area (Å²) in [7, 11) is 1.62.